The van der Waals surface area contributed by atoms with Gasteiger partial charge in [-0.3, -0.25) is 4.79 Å². The molecule has 1 amide bonds. The number of anilines is 2. The molecule has 7 heteroatoms. The molecular weight excluding hydrogens is 434 g/mol. The van der Waals surface area contributed by atoms with Crippen molar-refractivity contribution in [3.8, 4) is 11.5 Å². The number of rotatable bonds is 8. The SMILES string of the molecule is COc1cc(N(C)C(C)=O)cc(C)c1OCCCC1CNCCN1c1cccc2sccc12. The fourth-order valence-electron chi connectivity index (χ4n) is 4.49. The van der Waals surface area contributed by atoms with Crippen molar-refractivity contribution in [2.75, 3.05) is 50.2 Å². The van der Waals surface area contributed by atoms with E-state index in [1.807, 2.05) is 19.1 Å². The quantitative estimate of drug-likeness (QED) is 0.481. The second-order valence-electron chi connectivity index (χ2n) is 8.52. The van der Waals surface area contributed by atoms with Crippen LogP contribution in [0.15, 0.2) is 41.8 Å². The van der Waals surface area contributed by atoms with Crippen molar-refractivity contribution in [1.29, 1.82) is 0 Å². The van der Waals surface area contributed by atoms with Gasteiger partial charge in [0.05, 0.1) is 13.7 Å². The van der Waals surface area contributed by atoms with Crippen LogP contribution < -0.4 is 24.6 Å². The van der Waals surface area contributed by atoms with Crippen LogP contribution in [0.2, 0.25) is 0 Å². The van der Waals surface area contributed by atoms with E-state index in [-0.39, 0.29) is 5.91 Å². The van der Waals surface area contributed by atoms with E-state index in [0.717, 1.165) is 49.5 Å². The summed E-state index contributed by atoms with van der Waals surface area (Å²) >= 11 is 1.80. The van der Waals surface area contributed by atoms with Crippen LogP contribution in [0.3, 0.4) is 0 Å². The molecule has 33 heavy (non-hydrogen) atoms. The lowest BCUT2D eigenvalue weighted by atomic mass is 10.1. The van der Waals surface area contributed by atoms with Crippen LogP contribution >= 0.6 is 11.3 Å². The number of nitrogens with zero attached hydrogens (tertiary/aromatic N) is 2. The lowest BCUT2D eigenvalue weighted by Gasteiger charge is -2.38. The van der Waals surface area contributed by atoms with Gasteiger partial charge in [-0.05, 0) is 55.0 Å². The van der Waals surface area contributed by atoms with Gasteiger partial charge in [-0.15, -0.1) is 11.3 Å². The molecular formula is C26H33N3O3S. The molecule has 0 aliphatic carbocycles. The highest BCUT2D eigenvalue weighted by molar-refractivity contribution is 7.17. The van der Waals surface area contributed by atoms with Gasteiger partial charge in [-0.2, -0.15) is 0 Å². The van der Waals surface area contributed by atoms with Crippen molar-refractivity contribution in [1.82, 2.24) is 5.32 Å². The fraction of sp³-hybridized carbons (Fsp3) is 0.423. The van der Waals surface area contributed by atoms with Gasteiger partial charge >= 0.3 is 0 Å². The van der Waals surface area contributed by atoms with Crippen LogP contribution in [0.1, 0.15) is 25.3 Å². The van der Waals surface area contributed by atoms with Crippen molar-refractivity contribution in [3.63, 3.8) is 0 Å². The van der Waals surface area contributed by atoms with E-state index in [0.29, 0.717) is 18.4 Å². The maximum absolute atomic E-state index is 11.7. The normalized spacial score (nSPS) is 16.1. The van der Waals surface area contributed by atoms with E-state index < -0.39 is 0 Å². The molecule has 1 atom stereocenters. The van der Waals surface area contributed by atoms with Crippen molar-refractivity contribution >= 4 is 38.7 Å². The lowest BCUT2D eigenvalue weighted by molar-refractivity contribution is -0.116. The van der Waals surface area contributed by atoms with E-state index in [2.05, 4.69) is 39.9 Å². The van der Waals surface area contributed by atoms with Gasteiger partial charge < -0.3 is 24.6 Å². The van der Waals surface area contributed by atoms with Crippen LogP contribution in [0.5, 0.6) is 11.5 Å². The molecule has 1 saturated heterocycles. The number of hydrogen-bond acceptors (Lipinski definition) is 6. The Morgan fingerprint density at radius 2 is 2.15 bits per heavy atom. The Labute approximate surface area is 200 Å². The first-order valence-electron chi connectivity index (χ1n) is 11.5. The van der Waals surface area contributed by atoms with Crippen LogP contribution in [0, 0.1) is 6.92 Å². The second-order valence-corrected chi connectivity index (χ2v) is 9.47. The van der Waals surface area contributed by atoms with E-state index in [9.17, 15) is 4.79 Å². The second kappa shape index (κ2) is 10.4. The van der Waals surface area contributed by atoms with E-state index in [1.54, 1.807) is 37.3 Å². The van der Waals surface area contributed by atoms with Crippen molar-refractivity contribution in [3.05, 3.63) is 47.3 Å². The number of piperazine rings is 1. The number of aryl methyl sites for hydroxylation is 1. The Morgan fingerprint density at radius 1 is 1.30 bits per heavy atom. The minimum absolute atomic E-state index is 0.0195. The minimum Gasteiger partial charge on any atom is -0.493 e. The van der Waals surface area contributed by atoms with Gasteiger partial charge in [0.25, 0.3) is 0 Å². The van der Waals surface area contributed by atoms with Gasteiger partial charge in [0.1, 0.15) is 0 Å². The van der Waals surface area contributed by atoms with E-state index in [1.165, 1.54) is 15.8 Å². The highest BCUT2D eigenvalue weighted by atomic mass is 32.1. The summed E-state index contributed by atoms with van der Waals surface area (Å²) in [5.74, 6) is 1.39. The first-order valence-corrected chi connectivity index (χ1v) is 12.4. The number of amides is 1. The third-order valence-electron chi connectivity index (χ3n) is 6.37. The lowest BCUT2D eigenvalue weighted by Crippen LogP contribution is -2.51. The topological polar surface area (TPSA) is 54.0 Å². The summed E-state index contributed by atoms with van der Waals surface area (Å²) in [5.41, 5.74) is 3.10. The number of thiophene rings is 1. The first-order chi connectivity index (χ1) is 16.0. The standard InChI is InChI=1S/C26H33N3O3S/c1-18-15-21(28(3)19(2)30)16-24(31-4)26(18)32-13-6-7-20-17-27-11-12-29(20)23-8-5-9-25-22(23)10-14-33-25/h5,8-10,14-16,20,27H,6-7,11-13,17H2,1-4H3. The molecule has 6 nitrogen and oxygen atoms in total. The predicted molar refractivity (Wildman–Crippen MR) is 137 cm³/mol. The molecule has 1 unspecified atom stereocenters. The highest BCUT2D eigenvalue weighted by Gasteiger charge is 2.24. The zero-order valence-corrected chi connectivity index (χ0v) is 20.7. The van der Waals surface area contributed by atoms with E-state index >= 15 is 0 Å². The van der Waals surface area contributed by atoms with Gasteiger partial charge in [0, 0.05) is 67.2 Å². The van der Waals surface area contributed by atoms with Gasteiger partial charge in [0.2, 0.25) is 5.91 Å². The number of methoxy groups -OCH3 is 1. The number of carbonyl (C=O) groups excluding carboxylic acids is 1. The van der Waals surface area contributed by atoms with Crippen LogP contribution in [-0.2, 0) is 4.79 Å². The summed E-state index contributed by atoms with van der Waals surface area (Å²) in [5, 5.41) is 7.08. The third-order valence-corrected chi connectivity index (χ3v) is 7.25. The number of fused-ring (bicyclic) bond motifs is 1. The summed E-state index contributed by atoms with van der Waals surface area (Å²) in [6.07, 6.45) is 1.99. The Bertz CT molecular complexity index is 1110. The van der Waals surface area contributed by atoms with Crippen molar-refractivity contribution in [2.45, 2.75) is 32.7 Å². The van der Waals surface area contributed by atoms with Gasteiger partial charge in [-0.25, -0.2) is 0 Å². The highest BCUT2D eigenvalue weighted by Crippen LogP contribution is 2.36. The minimum atomic E-state index is -0.0195. The molecule has 0 bridgehead atoms. The Morgan fingerprint density at radius 3 is 2.94 bits per heavy atom. The van der Waals surface area contributed by atoms with E-state index in [4.69, 9.17) is 9.47 Å². The largest absolute Gasteiger partial charge is 0.493 e. The molecule has 1 aromatic heterocycles. The summed E-state index contributed by atoms with van der Waals surface area (Å²) in [7, 11) is 3.40. The molecule has 1 fully saturated rings. The summed E-state index contributed by atoms with van der Waals surface area (Å²) in [6, 6.07) is 13.1. The summed E-state index contributed by atoms with van der Waals surface area (Å²) in [6.45, 7) is 7.16. The molecule has 0 spiro atoms. The molecule has 176 valence electrons. The van der Waals surface area contributed by atoms with Crippen LogP contribution in [0.25, 0.3) is 10.1 Å². The zero-order valence-electron chi connectivity index (χ0n) is 19.9. The number of benzene rings is 2. The molecule has 2 aromatic carbocycles. The maximum Gasteiger partial charge on any atom is 0.223 e. The van der Waals surface area contributed by atoms with Gasteiger partial charge in [-0.1, -0.05) is 6.07 Å². The van der Waals surface area contributed by atoms with Crippen molar-refractivity contribution in [2.24, 2.45) is 0 Å². The molecule has 1 aliphatic rings. The average molecular weight is 468 g/mol. The van der Waals surface area contributed by atoms with Crippen LogP contribution in [0.4, 0.5) is 11.4 Å². The maximum atomic E-state index is 11.7. The molecule has 1 N–H and O–H groups in total. The smallest absolute Gasteiger partial charge is 0.223 e. The predicted octanol–water partition coefficient (Wildman–Crippen LogP) is 4.84. The molecule has 4 rings (SSSR count). The number of hydrogen-bond donors (Lipinski definition) is 1. The number of ether oxygens (including phenoxy) is 2. The Balaban J connectivity index is 1.41. The fourth-order valence-corrected chi connectivity index (χ4v) is 5.30. The Kier molecular flexibility index (Phi) is 7.40. The molecule has 0 radical (unpaired) electrons. The average Bonchev–Trinajstić information content (AvgIpc) is 3.31. The Hall–Kier alpha value is -2.77. The molecule has 3 aromatic rings. The monoisotopic (exact) mass is 467 g/mol. The molecule has 1 aliphatic heterocycles. The molecule has 0 saturated carbocycles. The van der Waals surface area contributed by atoms with Crippen molar-refractivity contribution < 1.29 is 14.3 Å². The summed E-state index contributed by atoms with van der Waals surface area (Å²) < 4.78 is 13.1. The first kappa shape index (κ1) is 23.4. The summed E-state index contributed by atoms with van der Waals surface area (Å²) in [4.78, 5) is 15.9. The number of carbonyl (C=O) groups is 1. The molecule has 2 heterocycles. The zero-order chi connectivity index (χ0) is 23.4. The number of nitrogens with one attached hydrogen (secondary N) is 1. The van der Waals surface area contributed by atoms with Crippen LogP contribution in [-0.4, -0.2) is 52.3 Å². The third kappa shape index (κ3) is 5.09. The van der Waals surface area contributed by atoms with Gasteiger partial charge in [0.15, 0.2) is 11.5 Å².